The molecule has 0 radical (unpaired) electrons. The van der Waals surface area contributed by atoms with Crippen molar-refractivity contribution in [2.24, 2.45) is 0 Å². The monoisotopic (exact) mass is 486 g/mol. The van der Waals surface area contributed by atoms with Crippen LogP contribution in [0.4, 0.5) is 10.7 Å². The zero-order chi connectivity index (χ0) is 24.0. The van der Waals surface area contributed by atoms with E-state index in [0.717, 1.165) is 11.3 Å². The van der Waals surface area contributed by atoms with Gasteiger partial charge in [0.25, 0.3) is 21.8 Å². The molecular formula is C22H22N4O5S2. The number of thiophene rings is 1. The highest BCUT2D eigenvalue weighted by atomic mass is 32.2. The van der Waals surface area contributed by atoms with Crippen LogP contribution in [-0.2, 0) is 14.8 Å². The Morgan fingerprint density at radius 3 is 2.18 bits per heavy atom. The van der Waals surface area contributed by atoms with Gasteiger partial charge in [-0.3, -0.25) is 29.5 Å². The molecule has 33 heavy (non-hydrogen) atoms. The summed E-state index contributed by atoms with van der Waals surface area (Å²) >= 11 is 1.14. The number of para-hydroxylation sites is 1. The predicted molar refractivity (Wildman–Crippen MR) is 127 cm³/mol. The van der Waals surface area contributed by atoms with Crippen LogP contribution in [0.3, 0.4) is 0 Å². The lowest BCUT2D eigenvalue weighted by molar-refractivity contribution is -0.119. The number of hydrogen-bond acceptors (Lipinski definition) is 6. The van der Waals surface area contributed by atoms with Crippen LogP contribution in [0.15, 0.2) is 70.9 Å². The molecule has 1 aromatic heterocycles. The molecule has 0 saturated heterocycles. The molecule has 0 saturated carbocycles. The Bertz CT molecular complexity index is 1260. The van der Waals surface area contributed by atoms with Crippen LogP contribution in [0.2, 0.25) is 0 Å². The van der Waals surface area contributed by atoms with Gasteiger partial charge in [-0.05, 0) is 54.8 Å². The van der Waals surface area contributed by atoms with E-state index in [1.165, 1.54) is 41.6 Å². The molecule has 2 aromatic carbocycles. The number of carbonyl (C=O) groups excluding carboxylic acids is 3. The molecule has 3 aromatic rings. The molecule has 3 rings (SSSR count). The summed E-state index contributed by atoms with van der Waals surface area (Å²) < 4.78 is 27.5. The summed E-state index contributed by atoms with van der Waals surface area (Å²) in [6, 6.07) is 15.8. The lowest BCUT2D eigenvalue weighted by atomic mass is 10.2. The highest BCUT2D eigenvalue weighted by Crippen LogP contribution is 2.25. The molecule has 172 valence electrons. The highest BCUT2D eigenvalue weighted by Gasteiger charge is 2.24. The average molecular weight is 487 g/mol. The van der Waals surface area contributed by atoms with Crippen molar-refractivity contribution in [1.29, 1.82) is 0 Å². The Labute approximate surface area is 195 Å². The summed E-state index contributed by atoms with van der Waals surface area (Å²) in [5, 5.41) is 4.55. The zero-order valence-corrected chi connectivity index (χ0v) is 19.5. The molecule has 3 N–H and O–H groups in total. The largest absolute Gasteiger partial charge is 0.313 e. The number of anilines is 2. The van der Waals surface area contributed by atoms with Gasteiger partial charge in [-0.15, -0.1) is 11.3 Å². The molecular weight excluding hydrogens is 464 g/mol. The van der Waals surface area contributed by atoms with Crippen LogP contribution >= 0.6 is 11.3 Å². The van der Waals surface area contributed by atoms with Crippen molar-refractivity contribution >= 4 is 49.8 Å². The lowest BCUT2D eigenvalue weighted by Crippen LogP contribution is -2.40. The molecule has 11 heteroatoms. The van der Waals surface area contributed by atoms with Gasteiger partial charge < -0.3 is 5.32 Å². The van der Waals surface area contributed by atoms with E-state index < -0.39 is 27.7 Å². The minimum Gasteiger partial charge on any atom is -0.313 e. The summed E-state index contributed by atoms with van der Waals surface area (Å²) in [7, 11) is -3.81. The first-order chi connectivity index (χ1) is 15.7. The van der Waals surface area contributed by atoms with E-state index in [0.29, 0.717) is 10.7 Å². The van der Waals surface area contributed by atoms with Crippen molar-refractivity contribution in [2.75, 3.05) is 16.2 Å². The SMILES string of the molecule is CCN(c1ccccc1)S(=O)(=O)c1ccc(C(=O)Nc2sccc2C(=O)NNC(C)=O)cc1. The van der Waals surface area contributed by atoms with Crippen LogP contribution in [0.5, 0.6) is 0 Å². The first-order valence-electron chi connectivity index (χ1n) is 9.87. The molecule has 0 aliphatic rings. The molecule has 0 bridgehead atoms. The first kappa shape index (κ1) is 24.0. The Kier molecular flexibility index (Phi) is 7.46. The van der Waals surface area contributed by atoms with Gasteiger partial charge >= 0.3 is 0 Å². The number of rotatable bonds is 7. The van der Waals surface area contributed by atoms with E-state index in [4.69, 9.17) is 0 Å². The molecule has 1 heterocycles. The van der Waals surface area contributed by atoms with Gasteiger partial charge in [0, 0.05) is 19.0 Å². The van der Waals surface area contributed by atoms with Crippen LogP contribution in [0.25, 0.3) is 0 Å². The minimum atomic E-state index is -3.81. The summed E-state index contributed by atoms with van der Waals surface area (Å²) in [6.45, 7) is 3.24. The topological polar surface area (TPSA) is 125 Å². The van der Waals surface area contributed by atoms with E-state index in [1.54, 1.807) is 42.6 Å². The zero-order valence-electron chi connectivity index (χ0n) is 17.9. The first-order valence-corrected chi connectivity index (χ1v) is 12.2. The van der Waals surface area contributed by atoms with E-state index in [-0.39, 0.29) is 22.6 Å². The van der Waals surface area contributed by atoms with Crippen LogP contribution in [0.1, 0.15) is 34.6 Å². The maximum atomic E-state index is 13.1. The van der Waals surface area contributed by atoms with Gasteiger partial charge in [0.2, 0.25) is 5.91 Å². The number of nitrogens with one attached hydrogen (secondary N) is 3. The Morgan fingerprint density at radius 1 is 0.909 bits per heavy atom. The van der Waals surface area contributed by atoms with Gasteiger partial charge in [0.15, 0.2) is 0 Å². The molecule has 0 atom stereocenters. The number of benzene rings is 2. The molecule has 0 unspecified atom stereocenters. The van der Waals surface area contributed by atoms with Crippen molar-refractivity contribution in [3.63, 3.8) is 0 Å². The number of hydrogen-bond donors (Lipinski definition) is 3. The summed E-state index contributed by atoms with van der Waals surface area (Å²) in [6.07, 6.45) is 0. The molecule has 0 aliphatic heterocycles. The van der Waals surface area contributed by atoms with Crippen molar-refractivity contribution in [1.82, 2.24) is 10.9 Å². The van der Waals surface area contributed by atoms with Crippen LogP contribution < -0.4 is 20.5 Å². The van der Waals surface area contributed by atoms with Gasteiger partial charge in [-0.1, -0.05) is 18.2 Å². The lowest BCUT2D eigenvalue weighted by Gasteiger charge is -2.23. The third-order valence-corrected chi connectivity index (χ3v) is 7.27. The van der Waals surface area contributed by atoms with E-state index in [2.05, 4.69) is 16.2 Å². The number of carbonyl (C=O) groups is 3. The maximum absolute atomic E-state index is 13.1. The van der Waals surface area contributed by atoms with Gasteiger partial charge in [-0.2, -0.15) is 0 Å². The van der Waals surface area contributed by atoms with Crippen molar-refractivity contribution < 1.29 is 22.8 Å². The quantitative estimate of drug-likeness (QED) is 0.443. The number of amides is 3. The van der Waals surface area contributed by atoms with Crippen molar-refractivity contribution in [3.8, 4) is 0 Å². The van der Waals surface area contributed by atoms with E-state index in [9.17, 15) is 22.8 Å². The standard InChI is InChI=1S/C22H22N4O5S2/c1-3-26(17-7-5-4-6-8-17)33(30,31)18-11-9-16(10-12-18)20(28)23-22-19(13-14-32-22)21(29)25-24-15(2)27/h4-14H,3H2,1-2H3,(H,23,28)(H,24,27)(H,25,29). The van der Waals surface area contributed by atoms with E-state index in [1.807, 2.05) is 0 Å². The fraction of sp³-hybridized carbons (Fsp3) is 0.136. The van der Waals surface area contributed by atoms with Crippen LogP contribution in [-0.4, -0.2) is 32.7 Å². The van der Waals surface area contributed by atoms with Gasteiger partial charge in [-0.25, -0.2) is 8.42 Å². The smallest absolute Gasteiger partial charge is 0.272 e. The Morgan fingerprint density at radius 2 is 1.58 bits per heavy atom. The molecule has 0 spiro atoms. The van der Waals surface area contributed by atoms with Gasteiger partial charge in [0.05, 0.1) is 16.1 Å². The summed E-state index contributed by atoms with van der Waals surface area (Å²) in [4.78, 5) is 35.9. The number of nitrogens with zero attached hydrogens (tertiary/aromatic N) is 1. The summed E-state index contributed by atoms with van der Waals surface area (Å²) in [5.74, 6) is -1.53. The van der Waals surface area contributed by atoms with Crippen LogP contribution in [0, 0.1) is 0 Å². The molecule has 3 amide bonds. The minimum absolute atomic E-state index is 0.0521. The maximum Gasteiger partial charge on any atom is 0.272 e. The third-order valence-electron chi connectivity index (χ3n) is 4.52. The van der Waals surface area contributed by atoms with E-state index >= 15 is 0 Å². The Balaban J connectivity index is 1.76. The average Bonchev–Trinajstić information content (AvgIpc) is 3.26. The molecule has 0 aliphatic carbocycles. The summed E-state index contributed by atoms with van der Waals surface area (Å²) in [5.41, 5.74) is 5.37. The highest BCUT2D eigenvalue weighted by molar-refractivity contribution is 7.92. The second-order valence-corrected chi connectivity index (χ2v) is 9.56. The normalized spacial score (nSPS) is 10.8. The second-order valence-electron chi connectivity index (χ2n) is 6.78. The molecule has 9 nitrogen and oxygen atoms in total. The Hall–Kier alpha value is -3.70. The predicted octanol–water partition coefficient (Wildman–Crippen LogP) is 3.00. The molecule has 0 fully saturated rings. The second kappa shape index (κ2) is 10.3. The number of sulfonamides is 1. The van der Waals surface area contributed by atoms with Crippen molar-refractivity contribution in [3.05, 3.63) is 77.2 Å². The fourth-order valence-electron chi connectivity index (χ4n) is 2.96. The fourth-order valence-corrected chi connectivity index (χ4v) is 5.22. The number of hydrazine groups is 1. The van der Waals surface area contributed by atoms with Gasteiger partial charge in [0.1, 0.15) is 5.00 Å². The third kappa shape index (κ3) is 5.57. The van der Waals surface area contributed by atoms with Crippen molar-refractivity contribution in [2.45, 2.75) is 18.7 Å².